The molecule has 3 rings (SSSR count). The van der Waals surface area contributed by atoms with Gasteiger partial charge in [-0.1, -0.05) is 19.9 Å². The van der Waals surface area contributed by atoms with Gasteiger partial charge in [0.25, 0.3) is 0 Å². The van der Waals surface area contributed by atoms with Crippen molar-refractivity contribution in [2.45, 2.75) is 38.6 Å². The van der Waals surface area contributed by atoms with Crippen molar-refractivity contribution in [1.82, 2.24) is 0 Å². The van der Waals surface area contributed by atoms with Crippen LogP contribution in [0.2, 0.25) is 0 Å². The Hall–Kier alpha value is -1.22. The van der Waals surface area contributed by atoms with Crippen LogP contribution in [0.25, 0.3) is 0 Å². The first-order valence-electron chi connectivity index (χ1n) is 7.27. The molecule has 104 valence electrons. The lowest BCUT2D eigenvalue weighted by Crippen LogP contribution is -2.43. The molecule has 0 aromatic heterocycles. The highest BCUT2D eigenvalue weighted by molar-refractivity contribution is 5.46. The Balaban J connectivity index is 1.89. The minimum atomic E-state index is -0.207. The van der Waals surface area contributed by atoms with E-state index in [1.54, 1.807) is 0 Å². The van der Waals surface area contributed by atoms with Gasteiger partial charge >= 0.3 is 0 Å². The number of fused-ring (bicyclic) bond motifs is 1. The lowest BCUT2D eigenvalue weighted by Gasteiger charge is -2.41. The van der Waals surface area contributed by atoms with Gasteiger partial charge in [0.15, 0.2) is 11.5 Å². The van der Waals surface area contributed by atoms with Gasteiger partial charge in [-0.3, -0.25) is 0 Å². The van der Waals surface area contributed by atoms with E-state index in [4.69, 9.17) is 15.2 Å². The van der Waals surface area contributed by atoms with Crippen LogP contribution in [0.1, 0.15) is 38.7 Å². The lowest BCUT2D eigenvalue weighted by atomic mass is 9.69. The normalized spacial score (nSPS) is 34.1. The van der Waals surface area contributed by atoms with Crippen LogP contribution in [0.5, 0.6) is 11.5 Å². The largest absolute Gasteiger partial charge is 0.486 e. The van der Waals surface area contributed by atoms with Crippen molar-refractivity contribution in [3.8, 4) is 11.5 Å². The fourth-order valence-electron chi connectivity index (χ4n) is 3.26. The van der Waals surface area contributed by atoms with Crippen molar-refractivity contribution in [2.75, 3.05) is 13.2 Å². The molecule has 1 aliphatic carbocycles. The van der Waals surface area contributed by atoms with E-state index >= 15 is 0 Å². The van der Waals surface area contributed by atoms with Crippen molar-refractivity contribution >= 4 is 0 Å². The molecule has 2 aliphatic rings. The fourth-order valence-corrected chi connectivity index (χ4v) is 3.26. The van der Waals surface area contributed by atoms with Gasteiger partial charge in [-0.25, -0.2) is 0 Å². The molecule has 0 amide bonds. The summed E-state index contributed by atoms with van der Waals surface area (Å²) in [5.74, 6) is 3.14. The second-order valence-corrected chi connectivity index (χ2v) is 6.21. The van der Waals surface area contributed by atoms with Gasteiger partial charge in [-0.2, -0.15) is 0 Å². The third kappa shape index (κ3) is 2.32. The van der Waals surface area contributed by atoms with Crippen LogP contribution in [0, 0.1) is 11.8 Å². The third-order valence-corrected chi connectivity index (χ3v) is 4.82. The Kier molecular flexibility index (Phi) is 3.17. The molecule has 1 aromatic carbocycles. The maximum Gasteiger partial charge on any atom is 0.161 e. The van der Waals surface area contributed by atoms with E-state index in [-0.39, 0.29) is 5.54 Å². The zero-order valence-electron chi connectivity index (χ0n) is 11.8. The SMILES string of the molecule is CC1CCC(N)(c2ccc3c(c2)OCCO3)CC1C. The molecule has 0 spiro atoms. The molecule has 3 unspecified atom stereocenters. The summed E-state index contributed by atoms with van der Waals surface area (Å²) in [7, 11) is 0. The molecule has 0 saturated heterocycles. The summed E-state index contributed by atoms with van der Waals surface area (Å²) >= 11 is 0. The molecular formula is C16H23NO2. The monoisotopic (exact) mass is 261 g/mol. The summed E-state index contributed by atoms with van der Waals surface area (Å²) in [6, 6.07) is 6.19. The molecule has 1 saturated carbocycles. The van der Waals surface area contributed by atoms with Crippen LogP contribution in [0.3, 0.4) is 0 Å². The average Bonchev–Trinajstić information content (AvgIpc) is 2.43. The van der Waals surface area contributed by atoms with Crippen LogP contribution in [-0.2, 0) is 5.54 Å². The number of rotatable bonds is 1. The number of ether oxygens (including phenoxy) is 2. The van der Waals surface area contributed by atoms with Crippen molar-refractivity contribution in [2.24, 2.45) is 17.6 Å². The summed E-state index contributed by atoms with van der Waals surface area (Å²) in [5, 5.41) is 0. The zero-order chi connectivity index (χ0) is 13.5. The molecule has 3 atom stereocenters. The van der Waals surface area contributed by atoms with Gasteiger partial charge in [0.2, 0.25) is 0 Å². The molecule has 3 heteroatoms. The molecule has 1 fully saturated rings. The van der Waals surface area contributed by atoms with Crippen molar-refractivity contribution < 1.29 is 9.47 Å². The first-order chi connectivity index (χ1) is 9.08. The quantitative estimate of drug-likeness (QED) is 0.845. The van der Waals surface area contributed by atoms with E-state index in [0.717, 1.165) is 30.3 Å². The summed E-state index contributed by atoms with van der Waals surface area (Å²) < 4.78 is 11.2. The first-order valence-corrected chi connectivity index (χ1v) is 7.27. The summed E-state index contributed by atoms with van der Waals surface area (Å²) in [6.07, 6.45) is 3.30. The van der Waals surface area contributed by atoms with Crippen LogP contribution in [-0.4, -0.2) is 13.2 Å². The highest BCUT2D eigenvalue weighted by Crippen LogP contribution is 2.43. The van der Waals surface area contributed by atoms with E-state index < -0.39 is 0 Å². The Morgan fingerprint density at radius 3 is 2.58 bits per heavy atom. The van der Waals surface area contributed by atoms with Crippen molar-refractivity contribution in [1.29, 1.82) is 0 Å². The predicted octanol–water partition coefficient (Wildman–Crippen LogP) is 3.07. The van der Waals surface area contributed by atoms with Gasteiger partial charge in [-0.15, -0.1) is 0 Å². The summed E-state index contributed by atoms with van der Waals surface area (Å²) in [6.45, 7) is 5.90. The molecule has 1 aromatic rings. The fraction of sp³-hybridized carbons (Fsp3) is 0.625. The predicted molar refractivity (Wildman–Crippen MR) is 75.5 cm³/mol. The van der Waals surface area contributed by atoms with Crippen LogP contribution < -0.4 is 15.2 Å². The molecule has 1 heterocycles. The van der Waals surface area contributed by atoms with Gasteiger partial charge < -0.3 is 15.2 Å². The van der Waals surface area contributed by atoms with Crippen molar-refractivity contribution in [3.05, 3.63) is 23.8 Å². The molecule has 0 radical (unpaired) electrons. The number of hydrogen-bond donors (Lipinski definition) is 1. The number of nitrogens with two attached hydrogens (primary N) is 1. The molecule has 2 N–H and O–H groups in total. The van der Waals surface area contributed by atoms with Crippen LogP contribution in [0.15, 0.2) is 18.2 Å². The molecule has 1 aliphatic heterocycles. The van der Waals surface area contributed by atoms with Crippen molar-refractivity contribution in [3.63, 3.8) is 0 Å². The first kappa shape index (κ1) is 12.8. The standard InChI is InChI=1S/C16H23NO2/c1-11-5-6-16(17,10-12(11)2)13-3-4-14-15(9-13)19-8-7-18-14/h3-4,9,11-12H,5-8,10,17H2,1-2H3. The summed E-state index contributed by atoms with van der Waals surface area (Å²) in [4.78, 5) is 0. The zero-order valence-corrected chi connectivity index (χ0v) is 11.8. The maximum atomic E-state index is 6.67. The van der Waals surface area contributed by atoms with E-state index in [1.807, 2.05) is 6.07 Å². The number of benzene rings is 1. The Morgan fingerprint density at radius 1 is 1.11 bits per heavy atom. The van der Waals surface area contributed by atoms with Crippen LogP contribution >= 0.6 is 0 Å². The van der Waals surface area contributed by atoms with E-state index in [2.05, 4.69) is 26.0 Å². The maximum absolute atomic E-state index is 6.67. The number of hydrogen-bond acceptors (Lipinski definition) is 3. The minimum Gasteiger partial charge on any atom is -0.486 e. The van der Waals surface area contributed by atoms with E-state index in [9.17, 15) is 0 Å². The second kappa shape index (κ2) is 4.71. The Bertz CT molecular complexity index is 474. The third-order valence-electron chi connectivity index (χ3n) is 4.82. The highest BCUT2D eigenvalue weighted by atomic mass is 16.6. The topological polar surface area (TPSA) is 44.5 Å². The smallest absolute Gasteiger partial charge is 0.161 e. The Morgan fingerprint density at radius 2 is 1.84 bits per heavy atom. The second-order valence-electron chi connectivity index (χ2n) is 6.21. The van der Waals surface area contributed by atoms with Gasteiger partial charge in [-0.05, 0) is 48.8 Å². The minimum absolute atomic E-state index is 0.207. The highest BCUT2D eigenvalue weighted by Gasteiger charge is 2.36. The lowest BCUT2D eigenvalue weighted by molar-refractivity contribution is 0.165. The van der Waals surface area contributed by atoms with Gasteiger partial charge in [0.1, 0.15) is 13.2 Å². The van der Waals surface area contributed by atoms with E-state index in [1.165, 1.54) is 12.0 Å². The van der Waals surface area contributed by atoms with Gasteiger partial charge in [0, 0.05) is 5.54 Å². The van der Waals surface area contributed by atoms with E-state index in [0.29, 0.717) is 19.1 Å². The Labute approximate surface area is 115 Å². The summed E-state index contributed by atoms with van der Waals surface area (Å²) in [5.41, 5.74) is 7.65. The molecule has 19 heavy (non-hydrogen) atoms. The van der Waals surface area contributed by atoms with Crippen LogP contribution in [0.4, 0.5) is 0 Å². The molecular weight excluding hydrogens is 238 g/mol. The molecule has 3 nitrogen and oxygen atoms in total. The molecule has 0 bridgehead atoms. The van der Waals surface area contributed by atoms with Gasteiger partial charge in [0.05, 0.1) is 0 Å². The average molecular weight is 261 g/mol.